The summed E-state index contributed by atoms with van der Waals surface area (Å²) in [4.78, 5) is 25.9. The summed E-state index contributed by atoms with van der Waals surface area (Å²) in [5.74, 6) is -0.410. The minimum atomic E-state index is -1.66. The summed E-state index contributed by atoms with van der Waals surface area (Å²) in [5.41, 5.74) is -1.79. The van der Waals surface area contributed by atoms with Crippen molar-refractivity contribution in [3.63, 3.8) is 0 Å². The van der Waals surface area contributed by atoms with E-state index in [1.54, 1.807) is 39.0 Å². The standard InChI is InChI=1S/C20H28Cl2N2O6/c1-19(2,3)30-18(26)24-7-8-29-17(13-5-6-14(21)15(22)9-13)20(27,12-24)11-23-16(25)10-28-4/h5-6,9,17,27H,7-8,10-12H2,1-4H3,(H,23,25). The van der Waals surface area contributed by atoms with Crippen LogP contribution in [0.4, 0.5) is 4.79 Å². The predicted molar refractivity (Wildman–Crippen MR) is 113 cm³/mol. The van der Waals surface area contributed by atoms with E-state index in [4.69, 9.17) is 37.4 Å². The zero-order chi connectivity index (χ0) is 22.5. The minimum Gasteiger partial charge on any atom is -0.444 e. The van der Waals surface area contributed by atoms with Gasteiger partial charge in [0.05, 0.1) is 29.7 Å². The predicted octanol–water partition coefficient (Wildman–Crippen LogP) is 2.80. The molecular weight excluding hydrogens is 435 g/mol. The molecule has 1 aliphatic rings. The molecule has 0 aromatic heterocycles. The maximum absolute atomic E-state index is 12.6. The summed E-state index contributed by atoms with van der Waals surface area (Å²) >= 11 is 12.2. The molecule has 1 heterocycles. The number of hydrogen-bond donors (Lipinski definition) is 2. The number of nitrogens with one attached hydrogen (secondary N) is 1. The number of β-amino-alcohol motifs (C(OH)–C–C–N with tert-alkyl or cyclic N) is 1. The molecule has 2 N–H and O–H groups in total. The molecule has 0 aliphatic carbocycles. The number of halogens is 2. The highest BCUT2D eigenvalue weighted by molar-refractivity contribution is 6.42. The average molecular weight is 463 g/mol. The fraction of sp³-hybridized carbons (Fsp3) is 0.600. The van der Waals surface area contributed by atoms with Crippen molar-refractivity contribution in [2.24, 2.45) is 0 Å². The van der Waals surface area contributed by atoms with Crippen molar-refractivity contribution >= 4 is 35.2 Å². The lowest BCUT2D eigenvalue weighted by Crippen LogP contribution is -2.55. The van der Waals surface area contributed by atoms with Crippen molar-refractivity contribution in [2.75, 3.05) is 40.0 Å². The molecule has 8 nitrogen and oxygen atoms in total. The van der Waals surface area contributed by atoms with E-state index in [0.29, 0.717) is 15.6 Å². The van der Waals surface area contributed by atoms with Crippen LogP contribution >= 0.6 is 23.2 Å². The largest absolute Gasteiger partial charge is 0.444 e. The van der Waals surface area contributed by atoms with Gasteiger partial charge in [0.2, 0.25) is 5.91 Å². The summed E-state index contributed by atoms with van der Waals surface area (Å²) in [6, 6.07) is 4.88. The van der Waals surface area contributed by atoms with Crippen LogP contribution in [0, 0.1) is 0 Å². The van der Waals surface area contributed by atoms with E-state index in [1.807, 2.05) is 0 Å². The second kappa shape index (κ2) is 10.2. The van der Waals surface area contributed by atoms with Crippen LogP contribution < -0.4 is 5.32 Å². The second-order valence-corrected chi connectivity index (χ2v) is 8.95. The van der Waals surface area contributed by atoms with E-state index < -0.39 is 29.3 Å². The van der Waals surface area contributed by atoms with Gasteiger partial charge in [-0.25, -0.2) is 4.79 Å². The zero-order valence-electron chi connectivity index (χ0n) is 17.5. The van der Waals surface area contributed by atoms with Crippen LogP contribution in [0.3, 0.4) is 0 Å². The van der Waals surface area contributed by atoms with E-state index in [9.17, 15) is 14.7 Å². The topological polar surface area (TPSA) is 97.3 Å². The number of rotatable bonds is 5. The van der Waals surface area contributed by atoms with Crippen LogP contribution in [0.1, 0.15) is 32.4 Å². The van der Waals surface area contributed by atoms with E-state index in [2.05, 4.69) is 5.32 Å². The molecule has 1 aliphatic heterocycles. The first-order valence-corrected chi connectivity index (χ1v) is 10.2. The van der Waals surface area contributed by atoms with Gasteiger partial charge in [-0.15, -0.1) is 0 Å². The molecule has 1 saturated heterocycles. The van der Waals surface area contributed by atoms with Gasteiger partial charge in [-0.2, -0.15) is 0 Å². The Balaban J connectivity index is 2.33. The van der Waals surface area contributed by atoms with Gasteiger partial charge in [0.15, 0.2) is 0 Å². The van der Waals surface area contributed by atoms with Gasteiger partial charge in [-0.05, 0) is 38.5 Å². The van der Waals surface area contributed by atoms with Crippen LogP contribution in [0.5, 0.6) is 0 Å². The third-order valence-corrected chi connectivity index (χ3v) is 5.10. The number of nitrogens with zero attached hydrogens (tertiary/aromatic N) is 1. The molecule has 2 rings (SSSR count). The van der Waals surface area contributed by atoms with Crippen molar-refractivity contribution in [3.8, 4) is 0 Å². The third kappa shape index (κ3) is 6.72. The number of amides is 2. The fourth-order valence-electron chi connectivity index (χ4n) is 3.07. The highest BCUT2D eigenvalue weighted by atomic mass is 35.5. The molecule has 2 unspecified atom stereocenters. The van der Waals surface area contributed by atoms with Gasteiger partial charge in [-0.1, -0.05) is 29.3 Å². The molecule has 1 aromatic rings. The van der Waals surface area contributed by atoms with Gasteiger partial charge >= 0.3 is 6.09 Å². The summed E-state index contributed by atoms with van der Waals surface area (Å²) in [6.45, 7) is 5.17. The van der Waals surface area contributed by atoms with Crippen LogP contribution in [0.25, 0.3) is 0 Å². The molecule has 1 fully saturated rings. The molecule has 1 aromatic carbocycles. The average Bonchev–Trinajstić information content (AvgIpc) is 2.81. The number of ether oxygens (including phenoxy) is 3. The molecule has 2 amide bonds. The SMILES string of the molecule is COCC(=O)NCC1(O)CN(C(=O)OC(C)(C)C)CCOC1c1ccc(Cl)c(Cl)c1. The maximum atomic E-state index is 12.6. The van der Waals surface area contributed by atoms with E-state index in [0.717, 1.165) is 0 Å². The first-order chi connectivity index (χ1) is 13.9. The Kier molecular flexibility index (Phi) is 8.35. The summed E-state index contributed by atoms with van der Waals surface area (Å²) in [7, 11) is 1.39. The van der Waals surface area contributed by atoms with E-state index >= 15 is 0 Å². The third-order valence-electron chi connectivity index (χ3n) is 4.36. The van der Waals surface area contributed by atoms with Gasteiger partial charge in [-0.3, -0.25) is 4.79 Å². The minimum absolute atomic E-state index is 0.125. The Morgan fingerprint density at radius 3 is 2.63 bits per heavy atom. The molecule has 0 bridgehead atoms. The summed E-state index contributed by atoms with van der Waals surface area (Å²) in [6.07, 6.45) is -1.45. The lowest BCUT2D eigenvalue weighted by atomic mass is 9.90. The lowest BCUT2D eigenvalue weighted by molar-refractivity contribution is -0.130. The number of aliphatic hydroxyl groups is 1. The highest BCUT2D eigenvalue weighted by Crippen LogP contribution is 2.35. The van der Waals surface area contributed by atoms with Crippen LogP contribution in [-0.4, -0.2) is 73.2 Å². The quantitative estimate of drug-likeness (QED) is 0.697. The Morgan fingerprint density at radius 1 is 1.33 bits per heavy atom. The van der Waals surface area contributed by atoms with Crippen molar-refractivity contribution in [3.05, 3.63) is 33.8 Å². The van der Waals surface area contributed by atoms with Gasteiger partial charge < -0.3 is 29.5 Å². The molecule has 168 valence electrons. The Bertz CT molecular complexity index is 770. The second-order valence-electron chi connectivity index (χ2n) is 8.14. The molecule has 10 heteroatoms. The first-order valence-electron chi connectivity index (χ1n) is 9.48. The van der Waals surface area contributed by atoms with Crippen molar-refractivity contribution in [1.29, 1.82) is 0 Å². The van der Waals surface area contributed by atoms with Crippen LogP contribution in [0.15, 0.2) is 18.2 Å². The Hall–Kier alpha value is -1.58. The van der Waals surface area contributed by atoms with Gasteiger partial charge in [0.25, 0.3) is 0 Å². The van der Waals surface area contributed by atoms with E-state index in [-0.39, 0.29) is 32.8 Å². The normalized spacial score (nSPS) is 22.4. The molecule has 0 spiro atoms. The first kappa shape index (κ1) is 24.7. The van der Waals surface area contributed by atoms with E-state index in [1.165, 1.54) is 12.0 Å². The molecular formula is C20H28Cl2N2O6. The molecule has 2 atom stereocenters. The molecule has 0 radical (unpaired) electrons. The summed E-state index contributed by atoms with van der Waals surface area (Å²) in [5, 5.41) is 14.8. The fourth-order valence-corrected chi connectivity index (χ4v) is 3.38. The number of hydrogen-bond acceptors (Lipinski definition) is 6. The lowest BCUT2D eigenvalue weighted by Gasteiger charge is -2.37. The van der Waals surface area contributed by atoms with Crippen molar-refractivity contribution in [1.82, 2.24) is 10.2 Å². The zero-order valence-corrected chi connectivity index (χ0v) is 19.0. The maximum Gasteiger partial charge on any atom is 0.410 e. The number of benzene rings is 1. The number of methoxy groups -OCH3 is 1. The Morgan fingerprint density at radius 2 is 2.03 bits per heavy atom. The van der Waals surface area contributed by atoms with Crippen molar-refractivity contribution < 1.29 is 28.9 Å². The number of carbonyl (C=O) groups excluding carboxylic acids is 2. The monoisotopic (exact) mass is 462 g/mol. The smallest absolute Gasteiger partial charge is 0.410 e. The molecule has 0 saturated carbocycles. The van der Waals surface area contributed by atoms with Gasteiger partial charge in [0.1, 0.15) is 23.9 Å². The van der Waals surface area contributed by atoms with Crippen LogP contribution in [0.2, 0.25) is 10.0 Å². The van der Waals surface area contributed by atoms with Crippen molar-refractivity contribution in [2.45, 2.75) is 38.1 Å². The Labute approximate surface area is 186 Å². The summed E-state index contributed by atoms with van der Waals surface area (Å²) < 4.78 is 16.2. The molecule has 30 heavy (non-hydrogen) atoms. The highest BCUT2D eigenvalue weighted by Gasteiger charge is 2.44. The van der Waals surface area contributed by atoms with Crippen LogP contribution in [-0.2, 0) is 19.0 Å². The number of carbonyl (C=O) groups is 2. The van der Waals surface area contributed by atoms with Gasteiger partial charge in [0, 0.05) is 13.7 Å².